The molecule has 2 aliphatic heterocycles. The van der Waals surface area contributed by atoms with Crippen molar-refractivity contribution in [2.24, 2.45) is 0 Å². The highest BCUT2D eigenvalue weighted by Gasteiger charge is 2.22. The Kier molecular flexibility index (Phi) is 6.58. The van der Waals surface area contributed by atoms with E-state index in [0.29, 0.717) is 25.1 Å². The topological polar surface area (TPSA) is 87.5 Å². The molecule has 2 aromatic heterocycles. The molecule has 0 saturated carbocycles. The lowest BCUT2D eigenvalue weighted by atomic mass is 10.2. The van der Waals surface area contributed by atoms with Crippen molar-refractivity contribution in [2.45, 2.75) is 13.5 Å². The fraction of sp³-hybridized carbons (Fsp3) is 0.407. The van der Waals surface area contributed by atoms with E-state index in [1.165, 1.54) is 5.56 Å². The van der Waals surface area contributed by atoms with Crippen molar-refractivity contribution in [1.29, 1.82) is 0 Å². The number of likely N-dealkylation sites (N-methyl/N-ethyl adjacent to an activating group) is 1. The van der Waals surface area contributed by atoms with Gasteiger partial charge < -0.3 is 29.3 Å². The third kappa shape index (κ3) is 5.21. The SMILES string of the molecule is Cc1nc2ccc(Nc3nc(N4CCOCC4)nc(N4CCN(C)CC4)n3)cc2n1Cc1ccccc1. The van der Waals surface area contributed by atoms with Crippen molar-refractivity contribution in [3.05, 3.63) is 59.9 Å². The summed E-state index contributed by atoms with van der Waals surface area (Å²) in [4.78, 5) is 26.1. The summed E-state index contributed by atoms with van der Waals surface area (Å²) >= 11 is 0. The summed E-state index contributed by atoms with van der Waals surface area (Å²) in [5, 5.41) is 3.47. The molecular formula is C27H33N9O. The van der Waals surface area contributed by atoms with Gasteiger partial charge in [0, 0.05) is 51.5 Å². The monoisotopic (exact) mass is 499 g/mol. The summed E-state index contributed by atoms with van der Waals surface area (Å²) < 4.78 is 7.80. The molecule has 4 heterocycles. The Balaban J connectivity index is 1.32. The first kappa shape index (κ1) is 23.6. The Bertz CT molecular complexity index is 1360. The normalized spacial score (nSPS) is 16.9. The average Bonchev–Trinajstić information content (AvgIpc) is 3.24. The molecule has 0 atom stereocenters. The number of ether oxygens (including phenoxy) is 1. The second kappa shape index (κ2) is 10.3. The van der Waals surface area contributed by atoms with Crippen LogP contribution in [-0.4, -0.2) is 88.9 Å². The zero-order valence-electron chi connectivity index (χ0n) is 21.5. The molecule has 0 unspecified atom stereocenters. The molecule has 10 nitrogen and oxygen atoms in total. The molecule has 37 heavy (non-hydrogen) atoms. The molecule has 2 saturated heterocycles. The minimum absolute atomic E-state index is 0.551. The van der Waals surface area contributed by atoms with Crippen LogP contribution in [0.3, 0.4) is 0 Å². The van der Waals surface area contributed by atoms with Gasteiger partial charge in [-0.2, -0.15) is 15.0 Å². The van der Waals surface area contributed by atoms with Crippen molar-refractivity contribution in [3.63, 3.8) is 0 Å². The number of anilines is 4. The zero-order valence-corrected chi connectivity index (χ0v) is 21.5. The first-order valence-electron chi connectivity index (χ1n) is 12.9. The molecule has 2 aliphatic rings. The number of nitrogens with zero attached hydrogens (tertiary/aromatic N) is 8. The van der Waals surface area contributed by atoms with Crippen LogP contribution in [0.2, 0.25) is 0 Å². The summed E-state index contributed by atoms with van der Waals surface area (Å²) in [6.07, 6.45) is 0. The van der Waals surface area contributed by atoms with Crippen LogP contribution in [0, 0.1) is 6.92 Å². The first-order valence-corrected chi connectivity index (χ1v) is 12.9. The third-order valence-corrected chi connectivity index (χ3v) is 7.07. The number of piperazine rings is 1. The van der Waals surface area contributed by atoms with E-state index in [9.17, 15) is 0 Å². The van der Waals surface area contributed by atoms with Gasteiger partial charge in [-0.15, -0.1) is 0 Å². The van der Waals surface area contributed by atoms with Crippen molar-refractivity contribution < 1.29 is 4.74 Å². The van der Waals surface area contributed by atoms with E-state index in [2.05, 4.69) is 75.0 Å². The fourth-order valence-corrected chi connectivity index (χ4v) is 4.88. The standard InChI is InChI=1S/C27H33N9O/c1-20-28-23-9-8-22(18-24(23)36(20)19-21-6-4-3-5-7-21)29-25-30-26(34-12-10-33(2)11-13-34)32-27(31-25)35-14-16-37-17-15-35/h3-9,18H,10-17,19H2,1-2H3,(H,29,30,31,32). The lowest BCUT2D eigenvalue weighted by molar-refractivity contribution is 0.122. The molecule has 0 aliphatic carbocycles. The summed E-state index contributed by atoms with van der Waals surface area (Å²) in [7, 11) is 2.15. The molecule has 192 valence electrons. The Hall–Kier alpha value is -3.76. The minimum Gasteiger partial charge on any atom is -0.378 e. The quantitative estimate of drug-likeness (QED) is 0.430. The van der Waals surface area contributed by atoms with Crippen LogP contribution in [0.25, 0.3) is 11.0 Å². The maximum atomic E-state index is 5.55. The van der Waals surface area contributed by atoms with Crippen molar-refractivity contribution in [1.82, 2.24) is 29.4 Å². The predicted octanol–water partition coefficient (Wildman–Crippen LogP) is 2.91. The Morgan fingerprint density at radius 1 is 0.811 bits per heavy atom. The van der Waals surface area contributed by atoms with E-state index < -0.39 is 0 Å². The highest BCUT2D eigenvalue weighted by atomic mass is 16.5. The van der Waals surface area contributed by atoms with Crippen LogP contribution >= 0.6 is 0 Å². The van der Waals surface area contributed by atoms with Gasteiger partial charge in [0.2, 0.25) is 17.8 Å². The fourth-order valence-electron chi connectivity index (χ4n) is 4.88. The van der Waals surface area contributed by atoms with Gasteiger partial charge >= 0.3 is 0 Å². The largest absolute Gasteiger partial charge is 0.378 e. The van der Waals surface area contributed by atoms with Crippen LogP contribution in [-0.2, 0) is 11.3 Å². The van der Waals surface area contributed by atoms with Gasteiger partial charge in [-0.1, -0.05) is 30.3 Å². The summed E-state index contributed by atoms with van der Waals surface area (Å²) in [5.74, 6) is 2.96. The van der Waals surface area contributed by atoms with E-state index >= 15 is 0 Å². The smallest absolute Gasteiger partial charge is 0.233 e. The maximum absolute atomic E-state index is 5.55. The van der Waals surface area contributed by atoms with Gasteiger partial charge in [-0.05, 0) is 37.7 Å². The van der Waals surface area contributed by atoms with Gasteiger partial charge in [0.1, 0.15) is 5.82 Å². The molecule has 2 aromatic carbocycles. The lowest BCUT2D eigenvalue weighted by Gasteiger charge is -2.33. The van der Waals surface area contributed by atoms with E-state index in [1.54, 1.807) is 0 Å². The predicted molar refractivity (Wildman–Crippen MR) is 146 cm³/mol. The number of aromatic nitrogens is 5. The molecular weight excluding hydrogens is 466 g/mol. The third-order valence-electron chi connectivity index (χ3n) is 7.07. The molecule has 2 fully saturated rings. The van der Waals surface area contributed by atoms with Crippen molar-refractivity contribution >= 4 is 34.6 Å². The number of hydrogen-bond acceptors (Lipinski definition) is 9. The van der Waals surface area contributed by atoms with E-state index in [1.807, 2.05) is 12.1 Å². The molecule has 4 aromatic rings. The van der Waals surface area contributed by atoms with Gasteiger partial charge in [0.15, 0.2) is 0 Å². The van der Waals surface area contributed by atoms with Crippen LogP contribution in [0.15, 0.2) is 48.5 Å². The van der Waals surface area contributed by atoms with Crippen LogP contribution < -0.4 is 15.1 Å². The summed E-state index contributed by atoms with van der Waals surface area (Å²) in [6, 6.07) is 16.7. The number of benzene rings is 2. The number of aryl methyl sites for hydroxylation is 1. The molecule has 0 radical (unpaired) electrons. The zero-order chi connectivity index (χ0) is 25.2. The molecule has 1 N–H and O–H groups in total. The van der Waals surface area contributed by atoms with Crippen molar-refractivity contribution in [2.75, 3.05) is 74.6 Å². The van der Waals surface area contributed by atoms with Gasteiger partial charge in [0.25, 0.3) is 0 Å². The second-order valence-corrected chi connectivity index (χ2v) is 9.71. The van der Waals surface area contributed by atoms with Gasteiger partial charge in [-0.25, -0.2) is 4.98 Å². The van der Waals surface area contributed by atoms with Gasteiger partial charge in [0.05, 0.1) is 24.2 Å². The number of imidazole rings is 1. The number of rotatable bonds is 6. The van der Waals surface area contributed by atoms with E-state index in [4.69, 9.17) is 24.7 Å². The molecule has 6 rings (SSSR count). The maximum Gasteiger partial charge on any atom is 0.233 e. The second-order valence-electron chi connectivity index (χ2n) is 9.71. The minimum atomic E-state index is 0.551. The number of morpholine rings is 1. The van der Waals surface area contributed by atoms with E-state index in [0.717, 1.165) is 74.3 Å². The molecule has 10 heteroatoms. The van der Waals surface area contributed by atoms with Gasteiger partial charge in [-0.3, -0.25) is 0 Å². The Morgan fingerprint density at radius 2 is 1.51 bits per heavy atom. The first-order chi connectivity index (χ1) is 18.1. The highest BCUT2D eigenvalue weighted by molar-refractivity contribution is 5.81. The van der Waals surface area contributed by atoms with Crippen LogP contribution in [0.1, 0.15) is 11.4 Å². The number of hydrogen-bond donors (Lipinski definition) is 1. The Morgan fingerprint density at radius 3 is 2.24 bits per heavy atom. The number of fused-ring (bicyclic) bond motifs is 1. The lowest BCUT2D eigenvalue weighted by Crippen LogP contribution is -2.45. The highest BCUT2D eigenvalue weighted by Crippen LogP contribution is 2.25. The van der Waals surface area contributed by atoms with Crippen LogP contribution in [0.5, 0.6) is 0 Å². The summed E-state index contributed by atoms with van der Waals surface area (Å²) in [6.45, 7) is 9.50. The molecule has 0 bridgehead atoms. The summed E-state index contributed by atoms with van der Waals surface area (Å²) in [5.41, 5.74) is 4.22. The molecule has 0 spiro atoms. The number of nitrogens with one attached hydrogen (secondary N) is 1. The van der Waals surface area contributed by atoms with Crippen LogP contribution in [0.4, 0.5) is 23.5 Å². The average molecular weight is 500 g/mol. The van der Waals surface area contributed by atoms with E-state index in [-0.39, 0.29) is 0 Å². The Labute approximate surface area is 216 Å². The van der Waals surface area contributed by atoms with Crippen molar-refractivity contribution in [3.8, 4) is 0 Å². The molecule has 0 amide bonds.